The highest BCUT2D eigenvalue weighted by molar-refractivity contribution is 7.10. The quantitative estimate of drug-likeness (QED) is 0.198. The van der Waals surface area contributed by atoms with E-state index in [1.807, 2.05) is 0 Å². The first-order valence-electron chi connectivity index (χ1n) is 18.7. The molecule has 2 atom stereocenters. The van der Waals surface area contributed by atoms with Crippen LogP contribution >= 0.6 is 11.3 Å². The zero-order valence-electron chi connectivity index (χ0n) is 30.6. The van der Waals surface area contributed by atoms with Gasteiger partial charge in [0, 0.05) is 49.3 Å². The van der Waals surface area contributed by atoms with Crippen molar-refractivity contribution in [3.8, 4) is 11.5 Å². The van der Waals surface area contributed by atoms with Crippen molar-refractivity contribution in [1.82, 2.24) is 14.8 Å². The summed E-state index contributed by atoms with van der Waals surface area (Å²) in [5, 5.41) is 22.5. The standard InChI is InChI=1S/C39H43F6N3O7S/c1-2-7-30-37(55-26-22-31(56-23-26)39(43,44)45,15-6-19-48(30)33(49)32-28(38(40,41)42)9-5-18-46-32)35(52)47-20-16-36(53,17-21-47)27-8-3-4-10-29(27)54-25-13-11-24(12-14-25)34(50)51/h3-5,8-10,18,22-25,30,53H,2,6-7,11-17,19-21H2,1H3,(H,50,51)/t24-,25-,30-,37+/m1/s1. The van der Waals surface area contributed by atoms with Crippen LogP contribution in [0.15, 0.2) is 54.0 Å². The Hall–Kier alpha value is -4.38. The number of carbonyl (C=O) groups excluding carboxylic acids is 2. The minimum atomic E-state index is -4.92. The third-order valence-electron chi connectivity index (χ3n) is 11.1. The zero-order chi connectivity index (χ0) is 40.5. The molecule has 0 bridgehead atoms. The molecule has 0 spiro atoms. The van der Waals surface area contributed by atoms with Gasteiger partial charge in [0.05, 0.1) is 29.2 Å². The average molecular weight is 812 g/mol. The Kier molecular flexibility index (Phi) is 12.0. The van der Waals surface area contributed by atoms with Crippen LogP contribution in [0.5, 0.6) is 11.5 Å². The number of amides is 2. The lowest BCUT2D eigenvalue weighted by Gasteiger charge is -2.51. The number of nitrogens with zero attached hydrogens (tertiary/aromatic N) is 3. The lowest BCUT2D eigenvalue weighted by Crippen LogP contribution is -2.68. The van der Waals surface area contributed by atoms with Crippen LogP contribution in [-0.4, -0.2) is 80.2 Å². The van der Waals surface area contributed by atoms with Crippen molar-refractivity contribution in [3.63, 3.8) is 0 Å². The van der Waals surface area contributed by atoms with Gasteiger partial charge in [0.2, 0.25) is 5.60 Å². The molecular weight excluding hydrogens is 768 g/mol. The van der Waals surface area contributed by atoms with Gasteiger partial charge < -0.3 is 29.5 Å². The summed E-state index contributed by atoms with van der Waals surface area (Å²) in [6, 6.07) is 8.32. The second kappa shape index (κ2) is 16.2. The van der Waals surface area contributed by atoms with Crippen LogP contribution in [0.1, 0.15) is 97.6 Å². The first kappa shape index (κ1) is 41.3. The third kappa shape index (κ3) is 8.48. The van der Waals surface area contributed by atoms with Gasteiger partial charge in [-0.1, -0.05) is 31.5 Å². The number of aliphatic carboxylic acids is 1. The Balaban J connectivity index is 1.29. The van der Waals surface area contributed by atoms with E-state index in [0.717, 1.165) is 34.7 Å². The molecule has 2 aromatic heterocycles. The summed E-state index contributed by atoms with van der Waals surface area (Å²) in [5.74, 6) is -2.86. The number of hydrogen-bond donors (Lipinski definition) is 2. The van der Waals surface area contributed by atoms with Gasteiger partial charge in [-0.3, -0.25) is 19.4 Å². The molecule has 2 N–H and O–H groups in total. The first-order chi connectivity index (χ1) is 26.5. The lowest BCUT2D eigenvalue weighted by molar-refractivity contribution is -0.163. The number of likely N-dealkylation sites (tertiary alicyclic amines) is 2. The Morgan fingerprint density at radius 3 is 2.27 bits per heavy atom. The fourth-order valence-corrected chi connectivity index (χ4v) is 8.93. The molecule has 1 aromatic carbocycles. The Bertz CT molecular complexity index is 1890. The number of hydrogen-bond acceptors (Lipinski definition) is 8. The van der Waals surface area contributed by atoms with Crippen LogP contribution in [0.2, 0.25) is 0 Å². The van der Waals surface area contributed by atoms with E-state index in [-0.39, 0.29) is 63.6 Å². The average Bonchev–Trinajstić information content (AvgIpc) is 3.65. The first-order valence-corrected chi connectivity index (χ1v) is 19.5. The van der Waals surface area contributed by atoms with E-state index >= 15 is 0 Å². The maximum absolute atomic E-state index is 15.0. The number of aliphatic hydroxyl groups is 1. The second-order valence-electron chi connectivity index (χ2n) is 14.7. The molecule has 2 saturated heterocycles. The van der Waals surface area contributed by atoms with Crippen LogP contribution in [-0.2, 0) is 27.5 Å². The number of para-hydroxylation sites is 1. The summed E-state index contributed by atoms with van der Waals surface area (Å²) in [5.41, 5.74) is -5.09. The van der Waals surface area contributed by atoms with E-state index in [2.05, 4.69) is 4.98 Å². The fourth-order valence-electron chi connectivity index (χ4n) is 8.25. The molecule has 3 aromatic rings. The van der Waals surface area contributed by atoms with E-state index < -0.39 is 69.4 Å². The number of aromatic nitrogens is 1. The summed E-state index contributed by atoms with van der Waals surface area (Å²) in [4.78, 5) is 45.8. The normalized spacial score (nSPS) is 24.4. The number of halogens is 6. The number of carboxylic acid groups (broad SMARTS) is 1. The number of piperidine rings is 2. The molecule has 0 unspecified atom stereocenters. The number of ether oxygens (including phenoxy) is 2. The maximum Gasteiger partial charge on any atom is 0.425 e. The number of carboxylic acids is 1. The van der Waals surface area contributed by atoms with E-state index in [1.54, 1.807) is 31.2 Å². The molecule has 0 radical (unpaired) electrons. The molecule has 304 valence electrons. The molecule has 56 heavy (non-hydrogen) atoms. The highest BCUT2D eigenvalue weighted by Gasteiger charge is 2.57. The molecule has 3 aliphatic rings. The van der Waals surface area contributed by atoms with E-state index in [9.17, 15) is 50.9 Å². The van der Waals surface area contributed by atoms with Gasteiger partial charge in [-0.05, 0) is 69.6 Å². The van der Waals surface area contributed by atoms with Crippen LogP contribution in [0.4, 0.5) is 26.3 Å². The number of benzene rings is 1. The summed E-state index contributed by atoms with van der Waals surface area (Å²) < 4.78 is 95.9. The van der Waals surface area contributed by atoms with Crippen LogP contribution in [0.25, 0.3) is 0 Å². The molecule has 3 fully saturated rings. The minimum absolute atomic E-state index is 0.0266. The van der Waals surface area contributed by atoms with Gasteiger partial charge in [-0.25, -0.2) is 0 Å². The Morgan fingerprint density at radius 1 is 0.946 bits per heavy atom. The molecule has 2 aliphatic heterocycles. The highest BCUT2D eigenvalue weighted by Crippen LogP contribution is 2.45. The summed E-state index contributed by atoms with van der Waals surface area (Å²) in [7, 11) is 0. The summed E-state index contributed by atoms with van der Waals surface area (Å²) in [6.45, 7) is 1.64. The monoisotopic (exact) mass is 811 g/mol. The maximum atomic E-state index is 15.0. The molecule has 2 amide bonds. The molecule has 17 heteroatoms. The fraction of sp³-hybridized carbons (Fsp3) is 0.538. The number of thiophene rings is 1. The predicted octanol–water partition coefficient (Wildman–Crippen LogP) is 7.94. The minimum Gasteiger partial charge on any atom is -0.490 e. The molecule has 1 saturated carbocycles. The molecule has 10 nitrogen and oxygen atoms in total. The predicted molar refractivity (Wildman–Crippen MR) is 191 cm³/mol. The van der Waals surface area contributed by atoms with Gasteiger partial charge in [0.25, 0.3) is 11.8 Å². The smallest absolute Gasteiger partial charge is 0.425 e. The van der Waals surface area contributed by atoms with E-state index in [4.69, 9.17) is 9.47 Å². The van der Waals surface area contributed by atoms with Crippen molar-refractivity contribution >= 4 is 29.1 Å². The highest BCUT2D eigenvalue weighted by atomic mass is 32.1. The third-order valence-corrected chi connectivity index (χ3v) is 12.1. The second-order valence-corrected chi connectivity index (χ2v) is 15.6. The zero-order valence-corrected chi connectivity index (χ0v) is 31.4. The van der Waals surface area contributed by atoms with Gasteiger partial charge >= 0.3 is 18.3 Å². The number of carbonyl (C=O) groups is 3. The molecular formula is C39H43F6N3O7S. The topological polar surface area (TPSA) is 130 Å². The van der Waals surface area contributed by atoms with Crippen molar-refractivity contribution in [3.05, 3.63) is 75.7 Å². The largest absolute Gasteiger partial charge is 0.490 e. The molecule has 4 heterocycles. The van der Waals surface area contributed by atoms with Crippen molar-refractivity contribution in [2.24, 2.45) is 5.92 Å². The van der Waals surface area contributed by atoms with Crippen molar-refractivity contribution < 1.29 is 60.4 Å². The van der Waals surface area contributed by atoms with Gasteiger partial charge in [-0.2, -0.15) is 26.3 Å². The summed E-state index contributed by atoms with van der Waals surface area (Å²) >= 11 is 0.365. The van der Waals surface area contributed by atoms with E-state index in [0.29, 0.717) is 54.8 Å². The lowest BCUT2D eigenvalue weighted by atomic mass is 9.78. The number of pyridine rings is 1. The molecule has 1 aliphatic carbocycles. The van der Waals surface area contributed by atoms with Crippen LogP contribution in [0.3, 0.4) is 0 Å². The van der Waals surface area contributed by atoms with Gasteiger partial charge in [-0.15, -0.1) is 11.3 Å². The van der Waals surface area contributed by atoms with Crippen molar-refractivity contribution in [2.75, 3.05) is 19.6 Å². The van der Waals surface area contributed by atoms with Gasteiger partial charge in [0.15, 0.2) is 0 Å². The molecule has 6 rings (SSSR count). The van der Waals surface area contributed by atoms with Gasteiger partial charge in [0.1, 0.15) is 22.1 Å². The number of rotatable bonds is 10. The van der Waals surface area contributed by atoms with E-state index in [1.165, 1.54) is 4.90 Å². The SMILES string of the molecule is CCC[C@H]1N(C(=O)c2ncccc2C(F)(F)F)CCC[C@@]1(Oc1csc(C(F)(F)F)c1)C(=O)N1CCC(O)(c2ccccc2O[C@H]2CC[C@H](C(=O)O)CC2)CC1. The Labute approximate surface area is 323 Å². The van der Waals surface area contributed by atoms with Crippen molar-refractivity contribution in [1.29, 1.82) is 0 Å². The van der Waals surface area contributed by atoms with Crippen LogP contribution in [0, 0.1) is 5.92 Å². The number of alkyl halides is 6. The van der Waals surface area contributed by atoms with Crippen molar-refractivity contribution in [2.45, 2.75) is 107 Å². The summed E-state index contributed by atoms with van der Waals surface area (Å²) in [6.07, 6.45) is -6.34. The van der Waals surface area contributed by atoms with Crippen LogP contribution < -0.4 is 9.47 Å². The Morgan fingerprint density at radius 2 is 1.64 bits per heavy atom.